The second-order valence-corrected chi connectivity index (χ2v) is 9.36. The number of sulfonamides is 1. The first-order valence-electron chi connectivity index (χ1n) is 9.20. The average molecular weight is 402 g/mol. The summed E-state index contributed by atoms with van der Waals surface area (Å²) in [6.07, 6.45) is 3.19. The van der Waals surface area contributed by atoms with Gasteiger partial charge in [0, 0.05) is 32.2 Å². The van der Waals surface area contributed by atoms with Crippen LogP contribution in [0.25, 0.3) is 0 Å². The number of hydrogen-bond acceptors (Lipinski definition) is 6. The van der Waals surface area contributed by atoms with Gasteiger partial charge in [-0.2, -0.15) is 4.31 Å². The van der Waals surface area contributed by atoms with E-state index in [2.05, 4.69) is 0 Å². The van der Waals surface area contributed by atoms with Crippen molar-refractivity contribution in [2.24, 2.45) is 0 Å². The molecule has 1 atom stereocenters. The second-order valence-electron chi connectivity index (χ2n) is 7.43. The predicted octanol–water partition coefficient (Wildman–Crippen LogP) is 2.35. The molecule has 1 heterocycles. The minimum Gasteiger partial charge on any atom is -0.494 e. The summed E-state index contributed by atoms with van der Waals surface area (Å²) in [4.78, 5) is 0. The maximum atomic E-state index is 12.5. The Kier molecular flexibility index (Phi) is 7.50. The molecule has 1 unspecified atom stereocenters. The smallest absolute Gasteiger partial charge is 0.211 e. The first-order chi connectivity index (χ1) is 12.7. The molecule has 0 spiro atoms. The Hall–Kier alpha value is -1.35. The number of hydrogen-bond donors (Lipinski definition) is 1. The molecule has 154 valence electrons. The van der Waals surface area contributed by atoms with Crippen LogP contribution in [0, 0.1) is 0 Å². The molecule has 27 heavy (non-hydrogen) atoms. The van der Waals surface area contributed by atoms with E-state index in [0.29, 0.717) is 37.6 Å². The Morgan fingerprint density at radius 1 is 1.30 bits per heavy atom. The molecule has 1 aliphatic rings. The summed E-state index contributed by atoms with van der Waals surface area (Å²) < 4.78 is 43.4. The summed E-state index contributed by atoms with van der Waals surface area (Å²) >= 11 is 0. The molecule has 0 radical (unpaired) electrons. The van der Waals surface area contributed by atoms with Gasteiger partial charge in [-0.25, -0.2) is 8.42 Å². The molecule has 0 saturated carbocycles. The third kappa shape index (κ3) is 6.07. The molecular weight excluding hydrogens is 370 g/mol. The number of benzene rings is 1. The third-order valence-electron chi connectivity index (χ3n) is 4.52. The molecule has 0 aliphatic carbocycles. The van der Waals surface area contributed by atoms with Crippen molar-refractivity contribution in [3.8, 4) is 11.5 Å². The van der Waals surface area contributed by atoms with Gasteiger partial charge in [0.05, 0.1) is 25.5 Å². The summed E-state index contributed by atoms with van der Waals surface area (Å²) in [6, 6.07) is 5.17. The average Bonchev–Trinajstić information content (AvgIpc) is 2.57. The third-order valence-corrected chi connectivity index (χ3v) is 5.81. The molecule has 1 aromatic rings. The maximum Gasteiger partial charge on any atom is 0.211 e. The molecule has 0 bridgehead atoms. The number of methoxy groups -OCH3 is 1. The first kappa shape index (κ1) is 21.9. The van der Waals surface area contributed by atoms with E-state index in [9.17, 15) is 8.42 Å². The van der Waals surface area contributed by atoms with Gasteiger partial charge in [-0.3, -0.25) is 0 Å². The van der Waals surface area contributed by atoms with E-state index in [1.165, 1.54) is 10.6 Å². The van der Waals surface area contributed by atoms with E-state index >= 15 is 0 Å². The highest BCUT2D eigenvalue weighted by Crippen LogP contribution is 2.44. The van der Waals surface area contributed by atoms with Gasteiger partial charge < -0.3 is 19.3 Å². The lowest BCUT2D eigenvalue weighted by atomic mass is 9.89. The van der Waals surface area contributed by atoms with E-state index in [0.717, 1.165) is 12.0 Å². The lowest BCUT2D eigenvalue weighted by Gasteiger charge is -2.41. The SMILES string of the molecule is COCCN(C1CC(C)(C)Oc2ccc(OCCCCO)cc21)S(C)(=O)=O. The zero-order chi connectivity index (χ0) is 20.1. The minimum absolute atomic E-state index is 0.140. The van der Waals surface area contributed by atoms with Crippen LogP contribution in [0.1, 0.15) is 44.7 Å². The monoisotopic (exact) mass is 401 g/mol. The highest BCUT2D eigenvalue weighted by Gasteiger charge is 2.40. The lowest BCUT2D eigenvalue weighted by Crippen LogP contribution is -2.44. The van der Waals surface area contributed by atoms with Gasteiger partial charge in [-0.05, 0) is 44.9 Å². The van der Waals surface area contributed by atoms with Crippen LogP contribution >= 0.6 is 0 Å². The number of nitrogens with zero attached hydrogens (tertiary/aromatic N) is 1. The van der Waals surface area contributed by atoms with Crippen molar-refractivity contribution in [2.75, 3.05) is 39.7 Å². The van der Waals surface area contributed by atoms with Gasteiger partial charge in [0.15, 0.2) is 0 Å². The fraction of sp³-hybridized carbons (Fsp3) is 0.684. The summed E-state index contributed by atoms with van der Waals surface area (Å²) in [6.45, 7) is 5.14. The lowest BCUT2D eigenvalue weighted by molar-refractivity contribution is 0.0455. The van der Waals surface area contributed by atoms with Crippen LogP contribution in [0.5, 0.6) is 11.5 Å². The number of rotatable bonds is 10. The Morgan fingerprint density at radius 3 is 2.67 bits per heavy atom. The largest absolute Gasteiger partial charge is 0.494 e. The van der Waals surface area contributed by atoms with Crippen LogP contribution < -0.4 is 9.47 Å². The number of fused-ring (bicyclic) bond motifs is 1. The van der Waals surface area contributed by atoms with Crippen LogP contribution in [-0.2, 0) is 14.8 Å². The van der Waals surface area contributed by atoms with Gasteiger partial charge >= 0.3 is 0 Å². The number of aliphatic hydroxyl groups excluding tert-OH is 1. The number of aliphatic hydroxyl groups is 1. The standard InChI is InChI=1S/C19H31NO6S/c1-19(2)14-17(20(9-12-24-3)27(4,22)23)16-13-15(7-8-18(16)26-19)25-11-6-5-10-21/h7-8,13,17,21H,5-6,9-12,14H2,1-4H3. The number of ether oxygens (including phenoxy) is 3. The van der Waals surface area contributed by atoms with Gasteiger partial charge in [0.25, 0.3) is 0 Å². The van der Waals surface area contributed by atoms with Crippen molar-refractivity contribution in [2.45, 2.75) is 44.8 Å². The Balaban J connectivity index is 2.34. The molecule has 7 nitrogen and oxygen atoms in total. The van der Waals surface area contributed by atoms with E-state index < -0.39 is 15.6 Å². The van der Waals surface area contributed by atoms with Gasteiger partial charge in [0.1, 0.15) is 17.1 Å². The summed E-state index contributed by atoms with van der Waals surface area (Å²) in [5.41, 5.74) is 0.312. The molecule has 1 N–H and O–H groups in total. The summed E-state index contributed by atoms with van der Waals surface area (Å²) in [5, 5.41) is 8.87. The molecule has 0 aromatic heterocycles. The van der Waals surface area contributed by atoms with Crippen molar-refractivity contribution in [1.29, 1.82) is 0 Å². The highest BCUT2D eigenvalue weighted by atomic mass is 32.2. The van der Waals surface area contributed by atoms with Crippen molar-refractivity contribution in [1.82, 2.24) is 4.31 Å². The summed E-state index contributed by atoms with van der Waals surface area (Å²) in [5.74, 6) is 1.34. The molecular formula is C19H31NO6S. The van der Waals surface area contributed by atoms with Crippen LogP contribution in [0.15, 0.2) is 18.2 Å². The van der Waals surface area contributed by atoms with E-state index in [4.69, 9.17) is 19.3 Å². The molecule has 1 aromatic carbocycles. The Morgan fingerprint density at radius 2 is 2.04 bits per heavy atom. The van der Waals surface area contributed by atoms with E-state index in [1.54, 1.807) is 7.11 Å². The van der Waals surface area contributed by atoms with Crippen LogP contribution in [0.2, 0.25) is 0 Å². The fourth-order valence-electron chi connectivity index (χ4n) is 3.28. The second kappa shape index (κ2) is 9.23. The molecule has 0 saturated heterocycles. The maximum absolute atomic E-state index is 12.5. The van der Waals surface area contributed by atoms with Crippen molar-refractivity contribution in [3.63, 3.8) is 0 Å². The van der Waals surface area contributed by atoms with Gasteiger partial charge in [0.2, 0.25) is 10.0 Å². The number of unbranched alkanes of at least 4 members (excludes halogenated alkanes) is 1. The topological polar surface area (TPSA) is 85.3 Å². The van der Waals surface area contributed by atoms with E-state index in [-0.39, 0.29) is 19.2 Å². The minimum atomic E-state index is -3.44. The highest BCUT2D eigenvalue weighted by molar-refractivity contribution is 7.88. The zero-order valence-electron chi connectivity index (χ0n) is 16.6. The first-order valence-corrected chi connectivity index (χ1v) is 11.0. The zero-order valence-corrected chi connectivity index (χ0v) is 17.4. The Bertz CT molecular complexity index is 719. The van der Waals surface area contributed by atoms with Gasteiger partial charge in [-0.1, -0.05) is 0 Å². The molecule has 0 amide bonds. The molecule has 1 aliphatic heterocycles. The molecule has 0 fully saturated rings. The van der Waals surface area contributed by atoms with Crippen molar-refractivity contribution < 1.29 is 27.7 Å². The normalized spacial score (nSPS) is 18.8. The Labute approximate surface area is 162 Å². The fourth-order valence-corrected chi connectivity index (χ4v) is 4.34. The van der Waals surface area contributed by atoms with Gasteiger partial charge in [-0.15, -0.1) is 0 Å². The predicted molar refractivity (Wildman–Crippen MR) is 104 cm³/mol. The molecule has 2 rings (SSSR count). The van der Waals surface area contributed by atoms with Crippen molar-refractivity contribution >= 4 is 10.0 Å². The quantitative estimate of drug-likeness (QED) is 0.606. The van der Waals surface area contributed by atoms with Crippen LogP contribution in [-0.4, -0.2) is 63.2 Å². The molecule has 8 heteroatoms. The van der Waals surface area contributed by atoms with Crippen LogP contribution in [0.4, 0.5) is 0 Å². The summed E-state index contributed by atoms with van der Waals surface area (Å²) in [7, 11) is -1.88. The van der Waals surface area contributed by atoms with Crippen LogP contribution in [0.3, 0.4) is 0 Å². The van der Waals surface area contributed by atoms with Crippen molar-refractivity contribution in [3.05, 3.63) is 23.8 Å². The van der Waals surface area contributed by atoms with E-state index in [1.807, 2.05) is 32.0 Å².